The Bertz CT molecular complexity index is 3150. The van der Waals surface area contributed by atoms with Crippen molar-refractivity contribution < 1.29 is 0 Å². The standard InChI is InChI=1S/C56H35N3/c1-57-51-25-13-24-50-54(51)48-35-42(30-31-49(48)56(50,46-20-4-2-5-21-46)47-22-6-3-7-23-47)41-18-12-19-43(33-41)52-36-53(44-28-26-37-14-8-10-16-39(37)32-44)59-55(58-52)45-29-27-38-15-9-11-17-40(38)34-45/h2-36H. The average Bonchev–Trinajstić information content (AvgIpc) is 3.62. The van der Waals surface area contributed by atoms with E-state index >= 15 is 0 Å². The van der Waals surface area contributed by atoms with Crippen molar-refractivity contribution in [3.05, 3.63) is 246 Å². The lowest BCUT2D eigenvalue weighted by molar-refractivity contribution is 0.769. The molecule has 59 heavy (non-hydrogen) atoms. The van der Waals surface area contributed by atoms with Gasteiger partial charge in [0.1, 0.15) is 0 Å². The zero-order chi connectivity index (χ0) is 39.3. The summed E-state index contributed by atoms with van der Waals surface area (Å²) < 4.78 is 0. The second-order valence-electron chi connectivity index (χ2n) is 15.2. The molecule has 11 rings (SSSR count). The quantitative estimate of drug-likeness (QED) is 0.158. The molecule has 10 aromatic rings. The van der Waals surface area contributed by atoms with Crippen molar-refractivity contribution in [3.63, 3.8) is 0 Å². The molecule has 0 unspecified atom stereocenters. The van der Waals surface area contributed by atoms with Gasteiger partial charge in [0.05, 0.1) is 23.4 Å². The number of fused-ring (bicyclic) bond motifs is 5. The Morgan fingerprint density at radius 1 is 0.373 bits per heavy atom. The molecule has 0 saturated heterocycles. The summed E-state index contributed by atoms with van der Waals surface area (Å²) in [4.78, 5) is 14.5. The van der Waals surface area contributed by atoms with Crippen molar-refractivity contribution >= 4 is 27.2 Å². The van der Waals surface area contributed by atoms with Gasteiger partial charge in [0.25, 0.3) is 0 Å². The molecule has 0 bridgehead atoms. The molecule has 0 amide bonds. The van der Waals surface area contributed by atoms with Crippen LogP contribution in [0.5, 0.6) is 0 Å². The van der Waals surface area contributed by atoms with Crippen molar-refractivity contribution in [2.24, 2.45) is 0 Å². The highest BCUT2D eigenvalue weighted by Gasteiger charge is 2.46. The van der Waals surface area contributed by atoms with E-state index in [2.05, 4.69) is 205 Å². The second-order valence-corrected chi connectivity index (χ2v) is 15.2. The molecule has 3 heteroatoms. The third kappa shape index (κ3) is 5.65. The van der Waals surface area contributed by atoms with E-state index in [1.807, 2.05) is 12.1 Å². The van der Waals surface area contributed by atoms with Crippen LogP contribution in [-0.2, 0) is 5.41 Å². The summed E-state index contributed by atoms with van der Waals surface area (Å²) in [6.07, 6.45) is 0. The highest BCUT2D eigenvalue weighted by atomic mass is 14.9. The van der Waals surface area contributed by atoms with Crippen LogP contribution in [-0.4, -0.2) is 9.97 Å². The topological polar surface area (TPSA) is 30.1 Å². The fraction of sp³-hybridized carbons (Fsp3) is 0.0179. The van der Waals surface area contributed by atoms with Gasteiger partial charge in [-0.3, -0.25) is 0 Å². The molecule has 0 spiro atoms. The van der Waals surface area contributed by atoms with Crippen LogP contribution >= 0.6 is 0 Å². The van der Waals surface area contributed by atoms with Crippen molar-refractivity contribution in [2.75, 3.05) is 0 Å². The van der Waals surface area contributed by atoms with Crippen molar-refractivity contribution in [1.82, 2.24) is 9.97 Å². The second kappa shape index (κ2) is 13.9. The number of hydrogen-bond acceptors (Lipinski definition) is 2. The highest BCUT2D eigenvalue weighted by molar-refractivity contribution is 5.96. The van der Waals surface area contributed by atoms with Crippen LogP contribution in [0, 0.1) is 6.57 Å². The SMILES string of the molecule is [C-]#[N+]c1cccc2c1-c1cc(-c3cccc(-c4cc(-c5ccc6ccccc6c5)nc(-c5ccc6ccccc6c5)n4)c3)ccc1C2(c1ccccc1)c1ccccc1. The van der Waals surface area contributed by atoms with Gasteiger partial charge in [0.2, 0.25) is 0 Å². The van der Waals surface area contributed by atoms with Crippen molar-refractivity contribution in [1.29, 1.82) is 0 Å². The molecule has 1 heterocycles. The summed E-state index contributed by atoms with van der Waals surface area (Å²) in [6, 6.07) is 75.0. The Labute approximate surface area is 343 Å². The zero-order valence-corrected chi connectivity index (χ0v) is 32.0. The largest absolute Gasteiger partial charge is 0.238 e. The average molecular weight is 750 g/mol. The number of hydrogen-bond donors (Lipinski definition) is 0. The Kier molecular flexibility index (Phi) is 8.10. The monoisotopic (exact) mass is 749 g/mol. The Balaban J connectivity index is 1.08. The summed E-state index contributed by atoms with van der Waals surface area (Å²) in [6.45, 7) is 8.28. The minimum atomic E-state index is -0.576. The molecule has 1 aliphatic rings. The molecule has 1 aromatic heterocycles. The summed E-state index contributed by atoms with van der Waals surface area (Å²) in [5, 5.41) is 4.69. The van der Waals surface area contributed by atoms with Crippen LogP contribution in [0.15, 0.2) is 212 Å². The van der Waals surface area contributed by atoms with Gasteiger partial charge in [0.15, 0.2) is 11.5 Å². The van der Waals surface area contributed by atoms with E-state index in [-0.39, 0.29) is 0 Å². The lowest BCUT2D eigenvalue weighted by Gasteiger charge is -2.34. The van der Waals surface area contributed by atoms with Crippen molar-refractivity contribution in [2.45, 2.75) is 5.41 Å². The first-order valence-electron chi connectivity index (χ1n) is 19.9. The lowest BCUT2D eigenvalue weighted by Crippen LogP contribution is -2.28. The highest BCUT2D eigenvalue weighted by Crippen LogP contribution is 2.59. The number of benzene rings is 9. The van der Waals surface area contributed by atoms with E-state index in [4.69, 9.17) is 16.5 Å². The normalized spacial score (nSPS) is 12.5. The smallest absolute Gasteiger partial charge is 0.195 e. The van der Waals surface area contributed by atoms with E-state index in [0.717, 1.165) is 61.3 Å². The molecular weight excluding hydrogens is 715 g/mol. The minimum absolute atomic E-state index is 0.576. The summed E-state index contributed by atoms with van der Waals surface area (Å²) in [5.74, 6) is 0.681. The molecule has 0 fully saturated rings. The molecule has 0 atom stereocenters. The predicted molar refractivity (Wildman–Crippen MR) is 242 cm³/mol. The fourth-order valence-corrected chi connectivity index (χ4v) is 9.20. The lowest BCUT2D eigenvalue weighted by atomic mass is 9.67. The Hall–Kier alpha value is -7.93. The van der Waals surface area contributed by atoms with Crippen LogP contribution in [0.1, 0.15) is 22.3 Å². The first-order valence-corrected chi connectivity index (χ1v) is 19.9. The van der Waals surface area contributed by atoms with Gasteiger partial charge in [-0.1, -0.05) is 182 Å². The molecule has 0 aliphatic heterocycles. The molecular formula is C56H35N3. The third-order valence-electron chi connectivity index (χ3n) is 11.9. The molecule has 0 radical (unpaired) electrons. The Morgan fingerprint density at radius 2 is 0.898 bits per heavy atom. The zero-order valence-electron chi connectivity index (χ0n) is 32.0. The molecule has 0 saturated carbocycles. The number of aromatic nitrogens is 2. The maximum absolute atomic E-state index is 8.28. The molecule has 1 aliphatic carbocycles. The van der Waals surface area contributed by atoms with Gasteiger partial charge in [0, 0.05) is 16.7 Å². The Morgan fingerprint density at radius 3 is 1.56 bits per heavy atom. The van der Waals surface area contributed by atoms with E-state index in [1.54, 1.807) is 0 Å². The summed E-state index contributed by atoms with van der Waals surface area (Å²) >= 11 is 0. The van der Waals surface area contributed by atoms with E-state index in [9.17, 15) is 0 Å². The van der Waals surface area contributed by atoms with Crippen LogP contribution in [0.4, 0.5) is 5.69 Å². The van der Waals surface area contributed by atoms with Gasteiger partial charge >= 0.3 is 0 Å². The minimum Gasteiger partial charge on any atom is -0.238 e. The van der Waals surface area contributed by atoms with E-state index < -0.39 is 5.41 Å². The maximum Gasteiger partial charge on any atom is 0.195 e. The van der Waals surface area contributed by atoms with Crippen molar-refractivity contribution in [3.8, 4) is 56.2 Å². The van der Waals surface area contributed by atoms with Gasteiger partial charge in [-0.15, -0.1) is 0 Å². The van der Waals surface area contributed by atoms with Gasteiger partial charge in [-0.2, -0.15) is 0 Å². The van der Waals surface area contributed by atoms with Crippen LogP contribution < -0.4 is 0 Å². The predicted octanol–water partition coefficient (Wildman–Crippen LogP) is 14.4. The summed E-state index contributed by atoms with van der Waals surface area (Å²) in [7, 11) is 0. The maximum atomic E-state index is 8.28. The molecule has 274 valence electrons. The van der Waals surface area contributed by atoms with Gasteiger partial charge < -0.3 is 0 Å². The fourth-order valence-electron chi connectivity index (χ4n) is 9.20. The van der Waals surface area contributed by atoms with E-state index in [1.165, 1.54) is 32.8 Å². The van der Waals surface area contributed by atoms with Gasteiger partial charge in [-0.25, -0.2) is 14.8 Å². The first kappa shape index (κ1) is 34.3. The van der Waals surface area contributed by atoms with Crippen LogP contribution in [0.3, 0.4) is 0 Å². The third-order valence-corrected chi connectivity index (χ3v) is 11.9. The first-order chi connectivity index (χ1) is 29.2. The number of nitrogens with zero attached hydrogens (tertiary/aromatic N) is 3. The molecule has 9 aromatic carbocycles. The van der Waals surface area contributed by atoms with Crippen LogP contribution in [0.2, 0.25) is 0 Å². The molecule has 3 nitrogen and oxygen atoms in total. The van der Waals surface area contributed by atoms with Crippen LogP contribution in [0.25, 0.3) is 82.5 Å². The summed E-state index contributed by atoms with van der Waals surface area (Å²) in [5.41, 5.74) is 13.7. The van der Waals surface area contributed by atoms with E-state index in [0.29, 0.717) is 11.5 Å². The van der Waals surface area contributed by atoms with Gasteiger partial charge in [-0.05, 0) is 96.4 Å². The number of rotatable bonds is 6. The molecule has 0 N–H and O–H groups in total.